The van der Waals surface area contributed by atoms with Gasteiger partial charge in [-0.15, -0.1) is 0 Å². The van der Waals surface area contributed by atoms with E-state index in [0.717, 1.165) is 21.1 Å². The maximum absolute atomic E-state index is 13.1. The molecule has 0 aliphatic heterocycles. The Labute approximate surface area is 193 Å². The molecule has 2 heterocycles. The Hall–Kier alpha value is -3.56. The summed E-state index contributed by atoms with van der Waals surface area (Å²) < 4.78 is 8.95. The number of halogens is 1. The minimum Gasteiger partial charge on any atom is -0.488 e. The number of non-ortho nitro benzene ring substituents is 1. The first-order valence-corrected chi connectivity index (χ1v) is 11.2. The number of benzene rings is 3. The Balaban J connectivity index is 1.53. The van der Waals surface area contributed by atoms with Gasteiger partial charge >= 0.3 is 0 Å². The zero-order valence-electron chi connectivity index (χ0n) is 16.4. The molecule has 0 radical (unpaired) electrons. The van der Waals surface area contributed by atoms with Crippen molar-refractivity contribution in [2.45, 2.75) is 6.61 Å². The Morgan fingerprint density at radius 1 is 1.12 bits per heavy atom. The van der Waals surface area contributed by atoms with Crippen molar-refractivity contribution in [1.82, 2.24) is 9.38 Å². The van der Waals surface area contributed by atoms with Gasteiger partial charge in [0.2, 0.25) is 0 Å². The van der Waals surface area contributed by atoms with Gasteiger partial charge in [-0.1, -0.05) is 51.5 Å². The molecule has 9 heteroatoms. The van der Waals surface area contributed by atoms with Crippen molar-refractivity contribution in [1.29, 1.82) is 0 Å². The number of nitro benzene ring substituents is 1. The van der Waals surface area contributed by atoms with Crippen LogP contribution in [0.1, 0.15) is 11.1 Å². The van der Waals surface area contributed by atoms with Crippen LogP contribution < -0.4 is 14.8 Å². The quantitative estimate of drug-likeness (QED) is 0.254. The third kappa shape index (κ3) is 3.76. The van der Waals surface area contributed by atoms with Gasteiger partial charge in [-0.3, -0.25) is 14.9 Å². The van der Waals surface area contributed by atoms with Gasteiger partial charge in [-0.05, 0) is 42.0 Å². The summed E-state index contributed by atoms with van der Waals surface area (Å²) in [4.78, 5) is 28.8. The Bertz CT molecular complexity index is 1610. The van der Waals surface area contributed by atoms with Crippen LogP contribution in [0.25, 0.3) is 22.1 Å². The van der Waals surface area contributed by atoms with Crippen molar-refractivity contribution >= 4 is 55.0 Å². The van der Waals surface area contributed by atoms with Crippen LogP contribution in [0.2, 0.25) is 0 Å². The summed E-state index contributed by atoms with van der Waals surface area (Å²) in [5, 5.41) is 11.0. The number of hydrogen-bond acceptors (Lipinski definition) is 6. The molecule has 0 bridgehead atoms. The van der Waals surface area contributed by atoms with Crippen LogP contribution in [0.4, 0.5) is 5.69 Å². The van der Waals surface area contributed by atoms with Crippen LogP contribution in [0.3, 0.4) is 0 Å². The SMILES string of the molecule is O=c1/c(=C/c2cc(Br)ccc2OCc2cccc([N+](=O)[O-])c2)sc2nc3ccccc3n12. The standard InChI is InChI=1S/C23H14BrN3O4S/c24-16-8-9-20(31-13-14-4-3-5-17(10-14)27(29)30)15(11-16)12-21-22(28)26-19-7-2-1-6-18(19)25-23(26)32-21/h1-12H,13H2/b21-12-. The maximum Gasteiger partial charge on any atom is 0.274 e. The zero-order chi connectivity index (χ0) is 22.2. The summed E-state index contributed by atoms with van der Waals surface area (Å²) in [5.74, 6) is 0.565. The average Bonchev–Trinajstić information content (AvgIpc) is 3.29. The molecule has 158 valence electrons. The lowest BCUT2D eigenvalue weighted by Gasteiger charge is -2.10. The molecular formula is C23H14BrN3O4S. The Morgan fingerprint density at radius 2 is 1.97 bits per heavy atom. The molecule has 0 unspecified atom stereocenters. The number of para-hydroxylation sites is 2. The van der Waals surface area contributed by atoms with E-state index in [4.69, 9.17) is 4.74 Å². The number of imidazole rings is 1. The van der Waals surface area contributed by atoms with Gasteiger partial charge in [-0.2, -0.15) is 0 Å². The number of aromatic nitrogens is 2. The number of rotatable bonds is 5. The monoisotopic (exact) mass is 507 g/mol. The summed E-state index contributed by atoms with van der Waals surface area (Å²) in [6.07, 6.45) is 1.78. The van der Waals surface area contributed by atoms with E-state index in [1.807, 2.05) is 36.4 Å². The molecule has 7 nitrogen and oxygen atoms in total. The number of nitro groups is 1. The first-order valence-electron chi connectivity index (χ1n) is 9.57. The van der Waals surface area contributed by atoms with Gasteiger partial charge < -0.3 is 4.74 Å². The lowest BCUT2D eigenvalue weighted by molar-refractivity contribution is -0.384. The highest BCUT2D eigenvalue weighted by molar-refractivity contribution is 9.10. The number of ether oxygens (including phenoxy) is 1. The average molecular weight is 508 g/mol. The van der Waals surface area contributed by atoms with Crippen molar-refractivity contribution in [3.63, 3.8) is 0 Å². The summed E-state index contributed by atoms with van der Waals surface area (Å²) >= 11 is 4.78. The summed E-state index contributed by atoms with van der Waals surface area (Å²) in [7, 11) is 0. The van der Waals surface area contributed by atoms with Crippen LogP contribution in [0.15, 0.2) is 76.0 Å². The second-order valence-electron chi connectivity index (χ2n) is 7.03. The van der Waals surface area contributed by atoms with Gasteiger partial charge in [0.05, 0.1) is 20.5 Å². The molecular weight excluding hydrogens is 494 g/mol. The number of thiazole rings is 1. The highest BCUT2D eigenvalue weighted by Crippen LogP contribution is 2.26. The number of hydrogen-bond donors (Lipinski definition) is 0. The normalized spacial score (nSPS) is 12.0. The molecule has 5 aromatic rings. The molecule has 0 aliphatic carbocycles. The molecule has 5 rings (SSSR count). The van der Waals surface area contributed by atoms with Gasteiger partial charge in [0.15, 0.2) is 4.96 Å². The highest BCUT2D eigenvalue weighted by Gasteiger charge is 2.12. The minimum atomic E-state index is -0.436. The molecule has 2 aromatic heterocycles. The Kier molecular flexibility index (Phi) is 5.20. The van der Waals surface area contributed by atoms with E-state index in [1.165, 1.54) is 23.5 Å². The lowest BCUT2D eigenvalue weighted by Crippen LogP contribution is -2.22. The summed E-state index contributed by atoms with van der Waals surface area (Å²) in [6.45, 7) is 0.160. The Morgan fingerprint density at radius 3 is 2.81 bits per heavy atom. The van der Waals surface area contributed by atoms with Crippen molar-refractivity contribution in [3.05, 3.63) is 107 Å². The molecule has 0 spiro atoms. The molecule has 0 saturated carbocycles. The highest BCUT2D eigenvalue weighted by atomic mass is 79.9. The van der Waals surface area contributed by atoms with Crippen LogP contribution >= 0.6 is 27.3 Å². The first kappa shape index (κ1) is 20.3. The molecule has 0 atom stereocenters. The topological polar surface area (TPSA) is 86.7 Å². The van der Waals surface area contributed by atoms with E-state index < -0.39 is 4.92 Å². The van der Waals surface area contributed by atoms with E-state index in [1.54, 1.807) is 28.7 Å². The van der Waals surface area contributed by atoms with Gasteiger partial charge in [0.1, 0.15) is 12.4 Å². The summed E-state index contributed by atoms with van der Waals surface area (Å²) in [6, 6.07) is 19.3. The largest absolute Gasteiger partial charge is 0.488 e. The fraction of sp³-hybridized carbons (Fsp3) is 0.0435. The fourth-order valence-corrected chi connectivity index (χ4v) is 4.79. The van der Waals surface area contributed by atoms with Gasteiger partial charge in [-0.25, -0.2) is 9.38 Å². The number of nitrogens with zero attached hydrogens (tertiary/aromatic N) is 3. The third-order valence-electron chi connectivity index (χ3n) is 4.92. The second-order valence-corrected chi connectivity index (χ2v) is 8.96. The molecule has 0 N–H and O–H groups in total. The predicted octanol–water partition coefficient (Wildman–Crippen LogP) is 4.71. The van der Waals surface area contributed by atoms with Crippen LogP contribution in [0, 0.1) is 10.1 Å². The van der Waals surface area contributed by atoms with E-state index in [9.17, 15) is 14.9 Å². The van der Waals surface area contributed by atoms with Crippen LogP contribution in [-0.2, 0) is 6.61 Å². The van der Waals surface area contributed by atoms with E-state index in [-0.39, 0.29) is 17.9 Å². The first-order chi connectivity index (χ1) is 15.5. The van der Waals surface area contributed by atoms with Gasteiger partial charge in [0, 0.05) is 22.2 Å². The van der Waals surface area contributed by atoms with Crippen molar-refractivity contribution in [3.8, 4) is 5.75 Å². The molecule has 0 amide bonds. The third-order valence-corrected chi connectivity index (χ3v) is 6.38. The maximum atomic E-state index is 13.1. The van der Waals surface area contributed by atoms with E-state index in [2.05, 4.69) is 20.9 Å². The van der Waals surface area contributed by atoms with Crippen LogP contribution in [0.5, 0.6) is 5.75 Å². The second kappa shape index (κ2) is 8.18. The van der Waals surface area contributed by atoms with Gasteiger partial charge in [0.25, 0.3) is 11.2 Å². The smallest absolute Gasteiger partial charge is 0.274 e. The van der Waals surface area contributed by atoms with Crippen molar-refractivity contribution in [2.75, 3.05) is 0 Å². The zero-order valence-corrected chi connectivity index (χ0v) is 18.8. The molecule has 3 aromatic carbocycles. The molecule has 0 aliphatic rings. The lowest BCUT2D eigenvalue weighted by atomic mass is 10.2. The van der Waals surface area contributed by atoms with E-state index in [0.29, 0.717) is 20.8 Å². The fourth-order valence-electron chi connectivity index (χ4n) is 3.44. The molecule has 0 fully saturated rings. The van der Waals surface area contributed by atoms with Crippen molar-refractivity contribution < 1.29 is 9.66 Å². The number of fused-ring (bicyclic) bond motifs is 3. The van der Waals surface area contributed by atoms with Crippen LogP contribution in [-0.4, -0.2) is 14.3 Å². The van der Waals surface area contributed by atoms with Crippen molar-refractivity contribution in [2.24, 2.45) is 0 Å². The summed E-state index contributed by atoms with van der Waals surface area (Å²) in [5.41, 5.74) is 2.84. The predicted molar refractivity (Wildman–Crippen MR) is 127 cm³/mol. The van der Waals surface area contributed by atoms with E-state index >= 15 is 0 Å². The molecule has 32 heavy (non-hydrogen) atoms. The minimum absolute atomic E-state index is 0.0128. The molecule has 0 saturated heterocycles.